The van der Waals surface area contributed by atoms with Gasteiger partial charge in [0.25, 0.3) is 5.91 Å². The first-order valence-corrected chi connectivity index (χ1v) is 14.6. The molecule has 5 rings (SSSR count). The highest BCUT2D eigenvalue weighted by Crippen LogP contribution is 2.63. The minimum atomic E-state index is -1.13. The van der Waals surface area contributed by atoms with E-state index in [-0.39, 0.29) is 31.6 Å². The smallest absolute Gasteiger partial charge is 0.312 e. The van der Waals surface area contributed by atoms with Gasteiger partial charge in [-0.2, -0.15) is 0 Å². The van der Waals surface area contributed by atoms with Crippen molar-refractivity contribution in [3.8, 4) is 0 Å². The van der Waals surface area contributed by atoms with Crippen molar-refractivity contribution in [1.82, 2.24) is 4.90 Å². The molecule has 1 spiro atoms. The molecule has 3 aliphatic rings. The van der Waals surface area contributed by atoms with Crippen molar-refractivity contribution in [1.29, 1.82) is 0 Å². The van der Waals surface area contributed by atoms with Gasteiger partial charge in [-0.05, 0) is 68.4 Å². The highest BCUT2D eigenvalue weighted by Gasteiger charge is 2.78. The Bertz CT molecular complexity index is 1340. The molecular weight excluding hydrogens is 520 g/mol. The van der Waals surface area contributed by atoms with Crippen molar-refractivity contribution < 1.29 is 29.0 Å². The van der Waals surface area contributed by atoms with Gasteiger partial charge in [0.2, 0.25) is 5.91 Å². The van der Waals surface area contributed by atoms with Gasteiger partial charge in [0.15, 0.2) is 0 Å². The zero-order valence-corrected chi connectivity index (χ0v) is 23.8. The molecule has 3 saturated heterocycles. The minimum Gasteiger partial charge on any atom is -0.465 e. The van der Waals surface area contributed by atoms with Crippen LogP contribution in [0.25, 0.3) is 10.8 Å². The van der Waals surface area contributed by atoms with E-state index < -0.39 is 35.0 Å². The van der Waals surface area contributed by atoms with Crippen LogP contribution in [0.15, 0.2) is 67.8 Å². The molecule has 3 heterocycles. The summed E-state index contributed by atoms with van der Waals surface area (Å²) in [5.74, 6) is -2.53. The van der Waals surface area contributed by atoms with Crippen LogP contribution in [0.3, 0.4) is 0 Å². The van der Waals surface area contributed by atoms with E-state index in [2.05, 4.69) is 13.2 Å². The normalized spacial score (nSPS) is 28.1. The Balaban J connectivity index is 1.53. The molecule has 5 atom stereocenters. The Labute approximate surface area is 241 Å². The summed E-state index contributed by atoms with van der Waals surface area (Å²) in [4.78, 5) is 45.6. The van der Waals surface area contributed by atoms with Crippen LogP contribution < -0.4 is 4.90 Å². The Kier molecular flexibility index (Phi) is 8.34. The fraction of sp³-hybridized carbons (Fsp3) is 0.485. The second-order valence-electron chi connectivity index (χ2n) is 11.6. The summed E-state index contributed by atoms with van der Waals surface area (Å²) in [5.41, 5.74) is -1.31. The topological polar surface area (TPSA) is 96.4 Å². The molecule has 3 aliphatic heterocycles. The molecule has 0 aliphatic carbocycles. The number of hydrogen-bond donors (Lipinski definition) is 1. The largest absolute Gasteiger partial charge is 0.465 e. The lowest BCUT2D eigenvalue weighted by molar-refractivity contribution is -0.159. The number of carbonyl (C=O) groups is 3. The fourth-order valence-corrected chi connectivity index (χ4v) is 7.15. The number of hydrogen-bond acceptors (Lipinski definition) is 6. The predicted molar refractivity (Wildman–Crippen MR) is 157 cm³/mol. The maximum absolute atomic E-state index is 14.7. The number of unbranched alkanes of at least 4 members (excludes halogenated alkanes) is 2. The molecule has 218 valence electrons. The molecule has 1 N–H and O–H groups in total. The van der Waals surface area contributed by atoms with Gasteiger partial charge in [0, 0.05) is 25.4 Å². The number of rotatable bonds is 13. The number of anilines is 1. The van der Waals surface area contributed by atoms with Crippen LogP contribution >= 0.6 is 0 Å². The number of benzene rings is 2. The van der Waals surface area contributed by atoms with Crippen LogP contribution in [0.2, 0.25) is 0 Å². The molecule has 8 heteroatoms. The van der Waals surface area contributed by atoms with E-state index in [1.807, 2.05) is 49.4 Å². The quantitative estimate of drug-likeness (QED) is 0.222. The number of amides is 2. The zero-order chi connectivity index (χ0) is 29.2. The Morgan fingerprint density at radius 3 is 2.63 bits per heavy atom. The molecule has 2 amide bonds. The monoisotopic (exact) mass is 560 g/mol. The molecule has 0 aromatic heterocycles. The number of nitrogens with zero attached hydrogens (tertiary/aromatic N) is 2. The number of likely N-dealkylation sites (tertiary alicyclic amines) is 1. The van der Waals surface area contributed by atoms with Crippen LogP contribution in [0.4, 0.5) is 5.69 Å². The maximum atomic E-state index is 14.7. The van der Waals surface area contributed by atoms with Gasteiger partial charge in [0.05, 0.1) is 18.1 Å². The van der Waals surface area contributed by atoms with E-state index in [0.29, 0.717) is 50.8 Å². The van der Waals surface area contributed by atoms with Crippen molar-refractivity contribution in [2.75, 3.05) is 31.2 Å². The fourth-order valence-electron chi connectivity index (χ4n) is 7.15. The average molecular weight is 561 g/mol. The first kappa shape index (κ1) is 29.0. The number of carbonyl (C=O) groups excluding carboxylic acids is 3. The third-order valence-electron chi connectivity index (χ3n) is 9.01. The lowest BCUT2D eigenvalue weighted by Crippen LogP contribution is -2.56. The van der Waals surface area contributed by atoms with E-state index in [9.17, 15) is 19.5 Å². The molecule has 41 heavy (non-hydrogen) atoms. The van der Waals surface area contributed by atoms with Gasteiger partial charge in [-0.15, -0.1) is 13.2 Å². The lowest BCUT2D eigenvalue weighted by atomic mass is 9.66. The molecule has 3 fully saturated rings. The third-order valence-corrected chi connectivity index (χ3v) is 9.01. The first-order chi connectivity index (χ1) is 19.8. The predicted octanol–water partition coefficient (Wildman–Crippen LogP) is 4.41. The number of ether oxygens (including phenoxy) is 2. The molecule has 2 aromatic carbocycles. The van der Waals surface area contributed by atoms with Crippen molar-refractivity contribution in [2.24, 2.45) is 11.8 Å². The summed E-state index contributed by atoms with van der Waals surface area (Å²) in [6.45, 7) is 10.3. The molecule has 2 bridgehead atoms. The number of esters is 1. The van der Waals surface area contributed by atoms with Crippen LogP contribution in [0, 0.1) is 11.8 Å². The molecular formula is C33H40N2O6. The second kappa shape index (κ2) is 11.8. The van der Waals surface area contributed by atoms with E-state index in [0.717, 1.165) is 10.8 Å². The third kappa shape index (κ3) is 4.97. The van der Waals surface area contributed by atoms with Crippen LogP contribution in [-0.4, -0.2) is 71.3 Å². The van der Waals surface area contributed by atoms with Gasteiger partial charge in [-0.3, -0.25) is 14.4 Å². The second-order valence-corrected chi connectivity index (χ2v) is 11.6. The van der Waals surface area contributed by atoms with Crippen LogP contribution in [0.1, 0.15) is 45.4 Å². The average Bonchev–Trinajstić information content (AvgIpc) is 3.54. The highest BCUT2D eigenvalue weighted by atomic mass is 16.6. The van der Waals surface area contributed by atoms with Crippen molar-refractivity contribution in [3.63, 3.8) is 0 Å². The van der Waals surface area contributed by atoms with E-state index in [1.165, 1.54) is 0 Å². The summed E-state index contributed by atoms with van der Waals surface area (Å²) >= 11 is 0. The Morgan fingerprint density at radius 2 is 1.90 bits per heavy atom. The number of fused-ring (bicyclic) bond motifs is 2. The lowest BCUT2D eigenvalue weighted by Gasteiger charge is -2.37. The van der Waals surface area contributed by atoms with Gasteiger partial charge in [0.1, 0.15) is 17.6 Å². The van der Waals surface area contributed by atoms with E-state index in [1.54, 1.807) is 22.0 Å². The molecule has 2 aromatic rings. The van der Waals surface area contributed by atoms with Gasteiger partial charge < -0.3 is 24.4 Å². The summed E-state index contributed by atoms with van der Waals surface area (Å²) in [6.07, 6.45) is 6.88. The molecule has 2 unspecified atom stereocenters. The van der Waals surface area contributed by atoms with E-state index >= 15 is 0 Å². The molecule has 0 saturated carbocycles. The standard InChI is InChI=1S/C33H40N2O6/c1-4-6-21-40-31(39)27-26-29(37)35(19-10-7-11-20-36)28(33(26)17-16-32(27,3)41-33)30(38)34(18-5-2)25-15-14-23-12-8-9-13-24(23)22-25/h4-5,8-9,12-15,22,26-28,36H,1-2,6-7,10-11,16-21H2,3H3/t26-,27-,28?,32+,33?/m0/s1. The summed E-state index contributed by atoms with van der Waals surface area (Å²) < 4.78 is 12.3. The Hall–Kier alpha value is -3.49. The van der Waals surface area contributed by atoms with Gasteiger partial charge >= 0.3 is 5.97 Å². The zero-order valence-electron chi connectivity index (χ0n) is 23.8. The summed E-state index contributed by atoms with van der Waals surface area (Å²) in [6, 6.07) is 12.9. The summed E-state index contributed by atoms with van der Waals surface area (Å²) in [7, 11) is 0. The van der Waals surface area contributed by atoms with Crippen molar-refractivity contribution in [2.45, 2.75) is 62.7 Å². The Morgan fingerprint density at radius 1 is 1.12 bits per heavy atom. The number of aliphatic hydroxyl groups excluding tert-OH is 1. The SMILES string of the molecule is C=CCCOC(=O)[C@@H]1[C@H]2C(=O)N(CCCCCO)C(C(=O)N(CC=C)c3ccc4ccccc4c3)C23CC[C@@]1(C)O3. The minimum absolute atomic E-state index is 0.0675. The van der Waals surface area contributed by atoms with Gasteiger partial charge in [-0.1, -0.05) is 42.5 Å². The van der Waals surface area contributed by atoms with E-state index in [4.69, 9.17) is 9.47 Å². The van der Waals surface area contributed by atoms with Gasteiger partial charge in [-0.25, -0.2) is 0 Å². The number of aliphatic hydroxyl groups is 1. The van der Waals surface area contributed by atoms with Crippen molar-refractivity contribution >= 4 is 34.2 Å². The molecule has 0 radical (unpaired) electrons. The van der Waals surface area contributed by atoms with Crippen molar-refractivity contribution in [3.05, 3.63) is 67.8 Å². The highest BCUT2D eigenvalue weighted by molar-refractivity contribution is 6.05. The summed E-state index contributed by atoms with van der Waals surface area (Å²) in [5, 5.41) is 11.3. The van der Waals surface area contributed by atoms with Crippen LogP contribution in [0.5, 0.6) is 0 Å². The van der Waals surface area contributed by atoms with Crippen LogP contribution in [-0.2, 0) is 23.9 Å². The first-order valence-electron chi connectivity index (χ1n) is 14.6. The molecule has 8 nitrogen and oxygen atoms in total. The maximum Gasteiger partial charge on any atom is 0.312 e.